The van der Waals surface area contributed by atoms with Gasteiger partial charge < -0.3 is 15.5 Å². The van der Waals surface area contributed by atoms with Gasteiger partial charge in [-0.25, -0.2) is 0 Å². The van der Waals surface area contributed by atoms with Gasteiger partial charge in [0.1, 0.15) is 5.75 Å². The molecule has 0 bridgehead atoms. The molecule has 0 saturated heterocycles. The number of aromatic hydroxyl groups is 1. The number of carboxylic acids is 1. The molecule has 5 heteroatoms. The average molecular weight is 279 g/mol. The monoisotopic (exact) mass is 279 g/mol. The minimum Gasteiger partial charge on any atom is -0.508 e. The summed E-state index contributed by atoms with van der Waals surface area (Å²) >= 11 is 0. The molecule has 1 aromatic rings. The number of hydrogen-bond donors (Lipinski definition) is 3. The summed E-state index contributed by atoms with van der Waals surface area (Å²) in [5, 5.41) is 21.0. The van der Waals surface area contributed by atoms with Crippen LogP contribution in [-0.2, 0) is 4.79 Å². The SMILES string of the molecule is CCCC[C@H](CC(=O)O)NC(=O)c1ccc(O)c(C)c1. The number of unbranched alkanes of at least 4 members (excludes halogenated alkanes) is 1. The first-order valence-electron chi connectivity index (χ1n) is 6.76. The van der Waals surface area contributed by atoms with Crippen LogP contribution in [0.15, 0.2) is 18.2 Å². The second-order valence-corrected chi connectivity index (χ2v) is 4.91. The maximum absolute atomic E-state index is 12.1. The summed E-state index contributed by atoms with van der Waals surface area (Å²) in [4.78, 5) is 22.9. The lowest BCUT2D eigenvalue weighted by molar-refractivity contribution is -0.137. The summed E-state index contributed by atoms with van der Waals surface area (Å²) in [5.74, 6) is -1.10. The van der Waals surface area contributed by atoms with Gasteiger partial charge in [0.15, 0.2) is 0 Å². The molecule has 0 aliphatic carbocycles. The Labute approximate surface area is 118 Å². The van der Waals surface area contributed by atoms with Crippen LogP contribution >= 0.6 is 0 Å². The van der Waals surface area contributed by atoms with E-state index < -0.39 is 5.97 Å². The number of amides is 1. The van der Waals surface area contributed by atoms with E-state index >= 15 is 0 Å². The lowest BCUT2D eigenvalue weighted by Crippen LogP contribution is -2.36. The van der Waals surface area contributed by atoms with Crippen molar-refractivity contribution in [3.8, 4) is 5.75 Å². The molecule has 110 valence electrons. The van der Waals surface area contributed by atoms with Gasteiger partial charge in [0.05, 0.1) is 6.42 Å². The third kappa shape index (κ3) is 4.91. The number of phenolic OH excluding ortho intramolecular Hbond substituents is 1. The zero-order valence-electron chi connectivity index (χ0n) is 11.8. The van der Waals surface area contributed by atoms with E-state index in [9.17, 15) is 14.7 Å². The van der Waals surface area contributed by atoms with Crippen molar-refractivity contribution < 1.29 is 19.8 Å². The number of carbonyl (C=O) groups excluding carboxylic acids is 1. The van der Waals surface area contributed by atoms with E-state index in [1.807, 2.05) is 6.92 Å². The fourth-order valence-corrected chi connectivity index (χ4v) is 1.95. The largest absolute Gasteiger partial charge is 0.508 e. The van der Waals surface area contributed by atoms with Crippen molar-refractivity contribution in [2.75, 3.05) is 0 Å². The molecule has 0 spiro atoms. The maximum Gasteiger partial charge on any atom is 0.305 e. The molecule has 3 N–H and O–H groups in total. The molecule has 20 heavy (non-hydrogen) atoms. The normalized spacial score (nSPS) is 11.9. The Morgan fingerprint density at radius 3 is 2.60 bits per heavy atom. The van der Waals surface area contributed by atoms with Crippen LogP contribution in [0.5, 0.6) is 5.75 Å². The summed E-state index contributed by atoms with van der Waals surface area (Å²) < 4.78 is 0. The number of carboxylic acid groups (broad SMARTS) is 1. The Morgan fingerprint density at radius 1 is 1.35 bits per heavy atom. The third-order valence-corrected chi connectivity index (χ3v) is 3.12. The van der Waals surface area contributed by atoms with Crippen LogP contribution in [0.1, 0.15) is 48.5 Å². The van der Waals surface area contributed by atoms with Gasteiger partial charge in [-0.2, -0.15) is 0 Å². The lowest BCUT2D eigenvalue weighted by atomic mass is 10.1. The van der Waals surface area contributed by atoms with Gasteiger partial charge in [-0.15, -0.1) is 0 Å². The van der Waals surface area contributed by atoms with Gasteiger partial charge in [-0.05, 0) is 37.1 Å². The number of aryl methyl sites for hydroxylation is 1. The lowest BCUT2D eigenvalue weighted by Gasteiger charge is -2.17. The highest BCUT2D eigenvalue weighted by molar-refractivity contribution is 5.95. The van der Waals surface area contributed by atoms with Crippen LogP contribution in [0.4, 0.5) is 0 Å². The maximum atomic E-state index is 12.1. The minimum atomic E-state index is -0.923. The van der Waals surface area contributed by atoms with Gasteiger partial charge >= 0.3 is 5.97 Å². The first-order valence-corrected chi connectivity index (χ1v) is 6.76. The van der Waals surface area contributed by atoms with Crippen molar-refractivity contribution in [2.45, 2.75) is 45.6 Å². The molecule has 0 aliphatic heterocycles. The number of hydrogen-bond acceptors (Lipinski definition) is 3. The van der Waals surface area contributed by atoms with E-state index in [1.54, 1.807) is 13.0 Å². The zero-order valence-corrected chi connectivity index (χ0v) is 11.8. The quantitative estimate of drug-likeness (QED) is 0.715. The van der Waals surface area contributed by atoms with Crippen molar-refractivity contribution in [1.29, 1.82) is 0 Å². The summed E-state index contributed by atoms with van der Waals surface area (Å²) in [7, 11) is 0. The van der Waals surface area contributed by atoms with E-state index in [4.69, 9.17) is 5.11 Å². The fourth-order valence-electron chi connectivity index (χ4n) is 1.95. The molecular weight excluding hydrogens is 258 g/mol. The predicted molar refractivity (Wildman–Crippen MR) is 75.9 cm³/mol. The fraction of sp³-hybridized carbons (Fsp3) is 0.467. The Bertz CT molecular complexity index is 485. The van der Waals surface area contributed by atoms with Gasteiger partial charge in [0.2, 0.25) is 0 Å². The standard InChI is InChI=1S/C15H21NO4/c1-3-4-5-12(9-14(18)19)16-15(20)11-6-7-13(17)10(2)8-11/h6-8,12,17H,3-5,9H2,1-2H3,(H,16,20)(H,18,19)/t12-/m1/s1. The Hall–Kier alpha value is -2.04. The first kappa shape index (κ1) is 16.0. The highest BCUT2D eigenvalue weighted by Crippen LogP contribution is 2.17. The Morgan fingerprint density at radius 2 is 2.05 bits per heavy atom. The summed E-state index contributed by atoms with van der Waals surface area (Å²) in [5.41, 5.74) is 1.04. The van der Waals surface area contributed by atoms with Crippen molar-refractivity contribution in [1.82, 2.24) is 5.32 Å². The predicted octanol–water partition coefficient (Wildman–Crippen LogP) is 2.46. The summed E-state index contributed by atoms with van der Waals surface area (Å²) in [6, 6.07) is 4.20. The molecule has 0 saturated carbocycles. The molecule has 1 aromatic carbocycles. The molecule has 0 fully saturated rings. The Balaban J connectivity index is 2.73. The average Bonchev–Trinajstić information content (AvgIpc) is 2.38. The first-order chi connectivity index (χ1) is 9.43. The highest BCUT2D eigenvalue weighted by atomic mass is 16.4. The Kier molecular flexibility index (Phi) is 6.03. The number of benzene rings is 1. The molecule has 1 amide bonds. The number of nitrogens with one attached hydrogen (secondary N) is 1. The van der Waals surface area contributed by atoms with Crippen LogP contribution in [0.2, 0.25) is 0 Å². The van der Waals surface area contributed by atoms with Gasteiger partial charge in [0, 0.05) is 11.6 Å². The van der Waals surface area contributed by atoms with E-state index in [0.717, 1.165) is 12.8 Å². The molecule has 0 heterocycles. The number of aliphatic carboxylic acids is 1. The van der Waals surface area contributed by atoms with Crippen LogP contribution in [-0.4, -0.2) is 28.1 Å². The topological polar surface area (TPSA) is 86.6 Å². The van der Waals surface area contributed by atoms with Gasteiger partial charge in [0.25, 0.3) is 5.91 Å². The highest BCUT2D eigenvalue weighted by Gasteiger charge is 2.17. The van der Waals surface area contributed by atoms with Gasteiger partial charge in [-0.1, -0.05) is 19.8 Å². The van der Waals surface area contributed by atoms with Crippen LogP contribution in [0, 0.1) is 6.92 Å². The van der Waals surface area contributed by atoms with E-state index in [-0.39, 0.29) is 24.1 Å². The van der Waals surface area contributed by atoms with E-state index in [1.165, 1.54) is 12.1 Å². The molecule has 1 atom stereocenters. The number of phenols is 1. The van der Waals surface area contributed by atoms with E-state index in [0.29, 0.717) is 17.5 Å². The van der Waals surface area contributed by atoms with E-state index in [2.05, 4.69) is 5.32 Å². The summed E-state index contributed by atoms with van der Waals surface area (Å²) in [6.07, 6.45) is 2.38. The van der Waals surface area contributed by atoms with Crippen LogP contribution in [0.3, 0.4) is 0 Å². The number of carbonyl (C=O) groups is 2. The molecule has 0 aliphatic rings. The second-order valence-electron chi connectivity index (χ2n) is 4.91. The molecule has 1 rings (SSSR count). The second kappa shape index (κ2) is 7.53. The molecular formula is C15H21NO4. The molecule has 0 unspecified atom stereocenters. The van der Waals surface area contributed by atoms with Crippen molar-refractivity contribution >= 4 is 11.9 Å². The van der Waals surface area contributed by atoms with Gasteiger partial charge in [-0.3, -0.25) is 9.59 Å². The molecule has 0 aromatic heterocycles. The third-order valence-electron chi connectivity index (χ3n) is 3.12. The molecule has 5 nitrogen and oxygen atoms in total. The van der Waals surface area contributed by atoms with Crippen molar-refractivity contribution in [3.63, 3.8) is 0 Å². The minimum absolute atomic E-state index is 0.0805. The van der Waals surface area contributed by atoms with Crippen LogP contribution in [0.25, 0.3) is 0 Å². The summed E-state index contributed by atoms with van der Waals surface area (Å²) in [6.45, 7) is 3.72. The molecule has 0 radical (unpaired) electrons. The number of rotatable bonds is 7. The van der Waals surface area contributed by atoms with Crippen molar-refractivity contribution in [2.24, 2.45) is 0 Å². The van der Waals surface area contributed by atoms with Crippen LogP contribution < -0.4 is 5.32 Å². The smallest absolute Gasteiger partial charge is 0.305 e. The van der Waals surface area contributed by atoms with Crippen molar-refractivity contribution in [3.05, 3.63) is 29.3 Å². The zero-order chi connectivity index (χ0) is 15.1.